The highest BCUT2D eigenvalue weighted by atomic mass is 16.5. The number of hydrogen-bond acceptors (Lipinski definition) is 7. The molecule has 2 aliphatic heterocycles. The lowest BCUT2D eigenvalue weighted by atomic mass is 9.84. The Balaban J connectivity index is 1.96. The van der Waals surface area contributed by atoms with Crippen molar-refractivity contribution in [3.05, 3.63) is 52.3 Å². The molecule has 0 saturated heterocycles. The predicted molar refractivity (Wildman–Crippen MR) is 108 cm³/mol. The van der Waals surface area contributed by atoms with E-state index in [2.05, 4.69) is 0 Å². The maximum absolute atomic E-state index is 12.8. The maximum atomic E-state index is 12.8. The summed E-state index contributed by atoms with van der Waals surface area (Å²) in [5.74, 6) is 1.62. The summed E-state index contributed by atoms with van der Waals surface area (Å²) in [5, 5.41) is 0. The van der Waals surface area contributed by atoms with Crippen LogP contribution >= 0.6 is 0 Å². The van der Waals surface area contributed by atoms with Crippen LogP contribution in [0.2, 0.25) is 0 Å². The molecule has 0 radical (unpaired) electrons. The molecule has 2 aliphatic rings. The van der Waals surface area contributed by atoms with Crippen molar-refractivity contribution in [1.29, 1.82) is 0 Å². The molecule has 156 valence electrons. The molecule has 7 nitrogen and oxygen atoms in total. The van der Waals surface area contributed by atoms with Gasteiger partial charge in [0, 0.05) is 23.1 Å². The molecule has 4 rings (SSSR count). The maximum Gasteiger partial charge on any atom is 0.312 e. The number of carbonyl (C=O) groups excluding carboxylic acids is 2. The molecule has 7 heteroatoms. The third-order valence-corrected chi connectivity index (χ3v) is 5.32. The second kappa shape index (κ2) is 7.40. The minimum Gasteiger partial charge on any atom is -0.496 e. The van der Waals surface area contributed by atoms with Gasteiger partial charge in [0.25, 0.3) is 0 Å². The van der Waals surface area contributed by atoms with Gasteiger partial charge >= 0.3 is 5.97 Å². The number of ether oxygens (including phenoxy) is 5. The Morgan fingerprint density at radius 3 is 2.23 bits per heavy atom. The van der Waals surface area contributed by atoms with Crippen molar-refractivity contribution in [3.63, 3.8) is 0 Å². The van der Waals surface area contributed by atoms with Crippen molar-refractivity contribution in [2.24, 2.45) is 0 Å². The molecule has 2 heterocycles. The second-order valence-electron chi connectivity index (χ2n) is 7.29. The SMILES string of the molecule is COc1cc(OC)c([C@H]2CC(=O)Oc3ccc4c(c32)OC(=C(C)C)C4=O)cc1OC. The lowest BCUT2D eigenvalue weighted by Crippen LogP contribution is -2.22. The third kappa shape index (κ3) is 2.98. The van der Waals surface area contributed by atoms with E-state index in [4.69, 9.17) is 23.7 Å². The average Bonchev–Trinajstić information content (AvgIpc) is 3.08. The number of hydrogen-bond donors (Lipinski definition) is 0. The van der Waals surface area contributed by atoms with Crippen LogP contribution < -0.4 is 23.7 Å². The number of ketones is 1. The quantitative estimate of drug-likeness (QED) is 0.428. The van der Waals surface area contributed by atoms with Crippen LogP contribution in [0.5, 0.6) is 28.7 Å². The topological polar surface area (TPSA) is 80.3 Å². The Bertz CT molecular complexity index is 1090. The van der Waals surface area contributed by atoms with Crippen LogP contribution in [0.15, 0.2) is 35.6 Å². The molecule has 0 fully saturated rings. The van der Waals surface area contributed by atoms with Gasteiger partial charge in [-0.1, -0.05) is 0 Å². The molecular weight excluding hydrogens is 388 g/mol. The average molecular weight is 410 g/mol. The summed E-state index contributed by atoms with van der Waals surface area (Å²) in [6.45, 7) is 3.64. The van der Waals surface area contributed by atoms with E-state index in [-0.39, 0.29) is 18.2 Å². The van der Waals surface area contributed by atoms with Crippen LogP contribution in [0, 0.1) is 0 Å². The van der Waals surface area contributed by atoms with E-state index < -0.39 is 5.92 Å². The van der Waals surface area contributed by atoms with Gasteiger partial charge in [0.15, 0.2) is 17.3 Å². The molecule has 1 atom stereocenters. The zero-order valence-electron chi connectivity index (χ0n) is 17.5. The molecule has 2 aromatic rings. The highest BCUT2D eigenvalue weighted by Crippen LogP contribution is 2.51. The van der Waals surface area contributed by atoms with E-state index >= 15 is 0 Å². The number of allylic oxidation sites excluding steroid dienone is 2. The molecule has 2 aromatic carbocycles. The van der Waals surface area contributed by atoms with Crippen LogP contribution in [0.3, 0.4) is 0 Å². The van der Waals surface area contributed by atoms with Crippen molar-refractivity contribution in [3.8, 4) is 28.7 Å². The number of benzene rings is 2. The molecule has 0 unspecified atom stereocenters. The van der Waals surface area contributed by atoms with Gasteiger partial charge < -0.3 is 23.7 Å². The Hall–Kier alpha value is -3.48. The van der Waals surface area contributed by atoms with Gasteiger partial charge in [0.05, 0.1) is 33.3 Å². The van der Waals surface area contributed by atoms with Crippen molar-refractivity contribution >= 4 is 11.8 Å². The minimum absolute atomic E-state index is 0.0665. The van der Waals surface area contributed by atoms with Crippen molar-refractivity contribution < 1.29 is 33.3 Å². The molecule has 0 spiro atoms. The van der Waals surface area contributed by atoms with Crippen LogP contribution in [0.25, 0.3) is 0 Å². The first-order chi connectivity index (χ1) is 14.4. The summed E-state index contributed by atoms with van der Waals surface area (Å²) in [6.07, 6.45) is 0.0665. The van der Waals surface area contributed by atoms with Gasteiger partial charge in [-0.3, -0.25) is 9.59 Å². The molecule has 30 heavy (non-hydrogen) atoms. The first-order valence-electron chi connectivity index (χ1n) is 9.47. The molecular formula is C23H22O7. The molecule has 0 aromatic heterocycles. The Kier molecular flexibility index (Phi) is 4.89. The van der Waals surface area contributed by atoms with Crippen molar-refractivity contribution in [2.75, 3.05) is 21.3 Å². The van der Waals surface area contributed by atoms with Gasteiger partial charge in [-0.05, 0) is 37.6 Å². The minimum atomic E-state index is -0.449. The first kappa shape index (κ1) is 19.8. The molecule has 0 N–H and O–H groups in total. The zero-order chi connectivity index (χ0) is 21.6. The number of rotatable bonds is 4. The molecule has 0 saturated carbocycles. The fraction of sp³-hybridized carbons (Fsp3) is 0.304. The highest BCUT2D eigenvalue weighted by molar-refractivity contribution is 6.13. The van der Waals surface area contributed by atoms with Crippen LogP contribution in [0.4, 0.5) is 0 Å². The summed E-state index contributed by atoms with van der Waals surface area (Å²) in [7, 11) is 4.62. The highest BCUT2D eigenvalue weighted by Gasteiger charge is 2.40. The lowest BCUT2D eigenvalue weighted by Gasteiger charge is -2.28. The van der Waals surface area contributed by atoms with Gasteiger partial charge in [-0.15, -0.1) is 0 Å². The van der Waals surface area contributed by atoms with Gasteiger partial charge in [0.2, 0.25) is 5.78 Å². The summed E-state index contributed by atoms with van der Waals surface area (Å²) in [6, 6.07) is 6.77. The van der Waals surface area contributed by atoms with Crippen LogP contribution in [-0.4, -0.2) is 33.1 Å². The number of Topliss-reactive ketones (excluding diaryl/α,β-unsaturated/α-hetero) is 1. The summed E-state index contributed by atoms with van der Waals surface area (Å²) < 4.78 is 27.9. The van der Waals surface area contributed by atoms with Gasteiger partial charge in [0.1, 0.15) is 17.2 Å². The van der Waals surface area contributed by atoms with Crippen molar-refractivity contribution in [1.82, 2.24) is 0 Å². The third-order valence-electron chi connectivity index (χ3n) is 5.32. The standard InChI is InChI=1S/C23H22O7/c1-11(2)22-21(25)12-6-7-15-20(23(12)30-22)14(9-19(24)29-15)13-8-17(27-4)18(28-5)10-16(13)26-3/h6-8,10,14H,9H2,1-5H3/t14-/m1/s1. The summed E-state index contributed by atoms with van der Waals surface area (Å²) >= 11 is 0. The predicted octanol–water partition coefficient (Wildman–Crippen LogP) is 4.02. The van der Waals surface area contributed by atoms with E-state index in [1.807, 2.05) is 13.8 Å². The number of esters is 1. The zero-order valence-corrected chi connectivity index (χ0v) is 17.5. The van der Waals surface area contributed by atoms with Gasteiger partial charge in [-0.25, -0.2) is 0 Å². The lowest BCUT2D eigenvalue weighted by molar-refractivity contribution is -0.135. The van der Waals surface area contributed by atoms with Crippen LogP contribution in [-0.2, 0) is 4.79 Å². The number of carbonyl (C=O) groups is 2. The van der Waals surface area contributed by atoms with E-state index in [1.54, 1.807) is 31.4 Å². The molecule has 0 bridgehead atoms. The normalized spacial score (nSPS) is 17.0. The summed E-state index contributed by atoms with van der Waals surface area (Å²) in [5.41, 5.74) is 2.58. The molecule has 0 amide bonds. The van der Waals surface area contributed by atoms with E-state index in [1.165, 1.54) is 14.2 Å². The first-order valence-corrected chi connectivity index (χ1v) is 9.47. The van der Waals surface area contributed by atoms with E-state index in [0.29, 0.717) is 51.2 Å². The second-order valence-corrected chi connectivity index (χ2v) is 7.29. The summed E-state index contributed by atoms with van der Waals surface area (Å²) in [4.78, 5) is 25.2. The van der Waals surface area contributed by atoms with Gasteiger partial charge in [-0.2, -0.15) is 0 Å². The largest absolute Gasteiger partial charge is 0.496 e. The smallest absolute Gasteiger partial charge is 0.312 e. The fourth-order valence-corrected chi connectivity index (χ4v) is 3.91. The number of fused-ring (bicyclic) bond motifs is 3. The molecule has 0 aliphatic carbocycles. The number of methoxy groups -OCH3 is 3. The Labute approximate surface area is 174 Å². The van der Waals surface area contributed by atoms with E-state index in [0.717, 1.165) is 5.57 Å². The van der Waals surface area contributed by atoms with Crippen LogP contribution in [0.1, 0.15) is 47.7 Å². The Morgan fingerprint density at radius 1 is 0.933 bits per heavy atom. The van der Waals surface area contributed by atoms with Crippen molar-refractivity contribution in [2.45, 2.75) is 26.2 Å². The monoisotopic (exact) mass is 410 g/mol. The van der Waals surface area contributed by atoms with E-state index in [9.17, 15) is 9.59 Å². The fourth-order valence-electron chi connectivity index (χ4n) is 3.91. The Morgan fingerprint density at radius 2 is 1.60 bits per heavy atom.